The average Bonchev–Trinajstić information content (AvgIpc) is 2.36. The Bertz CT molecular complexity index is 580. The minimum absolute atomic E-state index is 0.115. The van der Waals surface area contributed by atoms with Crippen molar-refractivity contribution in [3.05, 3.63) is 35.4 Å². The van der Waals surface area contributed by atoms with Gasteiger partial charge in [0.1, 0.15) is 5.82 Å². The molecule has 0 aliphatic heterocycles. The van der Waals surface area contributed by atoms with Gasteiger partial charge in [0.2, 0.25) is 0 Å². The summed E-state index contributed by atoms with van der Waals surface area (Å²) in [6.45, 7) is 11.9. The molecule has 0 aliphatic rings. The normalized spacial score (nSPS) is 11.8. The number of hydrogen-bond donors (Lipinski definition) is 1. The lowest BCUT2D eigenvalue weighted by Gasteiger charge is -2.21. The van der Waals surface area contributed by atoms with Crippen molar-refractivity contribution in [2.75, 3.05) is 11.9 Å². The molecular weight excluding hydrogens is 232 g/mol. The van der Waals surface area contributed by atoms with E-state index in [1.807, 2.05) is 0 Å². The molecule has 0 fully saturated rings. The first-order valence-electron chi connectivity index (χ1n) is 7.14. The van der Waals surface area contributed by atoms with Crippen molar-refractivity contribution in [1.82, 2.24) is 4.98 Å². The summed E-state index contributed by atoms with van der Waals surface area (Å²) in [5.41, 5.74) is 3.85. The summed E-state index contributed by atoms with van der Waals surface area (Å²) in [5, 5.41) is 4.63. The van der Waals surface area contributed by atoms with Gasteiger partial charge in [0.05, 0.1) is 5.52 Å². The number of benzene rings is 1. The second kappa shape index (κ2) is 5.20. The third-order valence-electron chi connectivity index (χ3n) is 3.46. The second-order valence-corrected chi connectivity index (χ2v) is 6.01. The molecule has 0 saturated carbocycles. The van der Waals surface area contributed by atoms with Gasteiger partial charge in [-0.1, -0.05) is 45.9 Å². The molecule has 0 spiro atoms. The smallest absolute Gasteiger partial charge is 0.129 e. The van der Waals surface area contributed by atoms with E-state index in [9.17, 15) is 0 Å². The number of anilines is 1. The number of aromatic nitrogens is 1. The van der Waals surface area contributed by atoms with E-state index in [1.165, 1.54) is 16.5 Å². The Morgan fingerprint density at radius 2 is 1.89 bits per heavy atom. The van der Waals surface area contributed by atoms with Crippen molar-refractivity contribution in [2.24, 2.45) is 0 Å². The molecule has 2 heteroatoms. The largest absolute Gasteiger partial charge is 0.370 e. The van der Waals surface area contributed by atoms with Crippen molar-refractivity contribution in [3.8, 4) is 0 Å². The van der Waals surface area contributed by atoms with Gasteiger partial charge >= 0.3 is 0 Å². The monoisotopic (exact) mass is 256 g/mol. The molecule has 1 aromatic heterocycles. The van der Waals surface area contributed by atoms with Crippen molar-refractivity contribution >= 4 is 16.7 Å². The Morgan fingerprint density at radius 1 is 1.16 bits per heavy atom. The maximum Gasteiger partial charge on any atom is 0.129 e. The van der Waals surface area contributed by atoms with Gasteiger partial charge in [-0.2, -0.15) is 0 Å². The topological polar surface area (TPSA) is 24.9 Å². The van der Waals surface area contributed by atoms with Crippen LogP contribution in [0.2, 0.25) is 0 Å². The van der Waals surface area contributed by atoms with Gasteiger partial charge in [-0.25, -0.2) is 4.98 Å². The number of para-hydroxylation sites is 1. The summed E-state index contributed by atoms with van der Waals surface area (Å²) in [6.07, 6.45) is 1.00. The van der Waals surface area contributed by atoms with Crippen LogP contribution in [-0.2, 0) is 11.8 Å². The minimum Gasteiger partial charge on any atom is -0.370 e. The third kappa shape index (κ3) is 2.73. The quantitative estimate of drug-likeness (QED) is 0.873. The molecule has 2 aromatic rings. The zero-order valence-electron chi connectivity index (χ0n) is 12.7. The van der Waals surface area contributed by atoms with E-state index in [4.69, 9.17) is 4.98 Å². The van der Waals surface area contributed by atoms with Gasteiger partial charge in [-0.05, 0) is 36.0 Å². The molecule has 1 N–H and O–H groups in total. The van der Waals surface area contributed by atoms with Gasteiger partial charge in [0.15, 0.2) is 0 Å². The van der Waals surface area contributed by atoms with E-state index < -0.39 is 0 Å². The average molecular weight is 256 g/mol. The molecule has 1 aromatic carbocycles. The first-order chi connectivity index (χ1) is 8.97. The van der Waals surface area contributed by atoms with Crippen LogP contribution in [0.15, 0.2) is 24.3 Å². The first kappa shape index (κ1) is 13.9. The van der Waals surface area contributed by atoms with Crippen LogP contribution < -0.4 is 5.32 Å². The molecule has 1 heterocycles. The molecule has 0 unspecified atom stereocenters. The highest BCUT2D eigenvalue weighted by molar-refractivity contribution is 5.85. The summed E-state index contributed by atoms with van der Waals surface area (Å²) in [5.74, 6) is 1.04. The highest BCUT2D eigenvalue weighted by Gasteiger charge is 2.18. The SMILES string of the molecule is CCNc1nc2c(C(C)(C)C)cccc2cc1CC. The number of aryl methyl sites for hydroxylation is 1. The number of nitrogens with zero attached hydrogens (tertiary/aromatic N) is 1. The predicted octanol–water partition coefficient (Wildman–Crippen LogP) is 4.53. The highest BCUT2D eigenvalue weighted by atomic mass is 15.0. The number of pyridine rings is 1. The standard InChI is InChI=1S/C17H24N2/c1-6-12-11-13-9-8-10-14(17(3,4)5)15(13)19-16(12)18-7-2/h8-11H,6-7H2,1-5H3,(H,18,19). The van der Waals surface area contributed by atoms with Crippen LogP contribution in [0, 0.1) is 0 Å². The number of hydrogen-bond acceptors (Lipinski definition) is 2. The van der Waals surface area contributed by atoms with Crippen molar-refractivity contribution in [2.45, 2.75) is 46.5 Å². The molecule has 0 radical (unpaired) electrons. The molecule has 0 aliphatic carbocycles. The van der Waals surface area contributed by atoms with Crippen LogP contribution in [0.3, 0.4) is 0 Å². The molecule has 0 atom stereocenters. The van der Waals surface area contributed by atoms with Crippen LogP contribution in [0.5, 0.6) is 0 Å². The number of nitrogens with one attached hydrogen (secondary N) is 1. The molecule has 2 rings (SSSR count). The van der Waals surface area contributed by atoms with Gasteiger partial charge in [0, 0.05) is 11.9 Å². The zero-order valence-corrected chi connectivity index (χ0v) is 12.7. The van der Waals surface area contributed by atoms with Crippen molar-refractivity contribution in [3.63, 3.8) is 0 Å². The van der Waals surface area contributed by atoms with Crippen LogP contribution in [-0.4, -0.2) is 11.5 Å². The van der Waals surface area contributed by atoms with E-state index in [0.717, 1.165) is 24.3 Å². The highest BCUT2D eigenvalue weighted by Crippen LogP contribution is 2.31. The van der Waals surface area contributed by atoms with E-state index in [2.05, 4.69) is 64.2 Å². The third-order valence-corrected chi connectivity index (χ3v) is 3.46. The Hall–Kier alpha value is -1.57. The first-order valence-corrected chi connectivity index (χ1v) is 7.14. The zero-order chi connectivity index (χ0) is 14.0. The van der Waals surface area contributed by atoms with E-state index in [-0.39, 0.29) is 5.41 Å². The van der Waals surface area contributed by atoms with Gasteiger partial charge in [0.25, 0.3) is 0 Å². The van der Waals surface area contributed by atoms with Crippen LogP contribution in [0.25, 0.3) is 10.9 Å². The Morgan fingerprint density at radius 3 is 2.47 bits per heavy atom. The molecular formula is C17H24N2. The maximum absolute atomic E-state index is 4.89. The summed E-state index contributed by atoms with van der Waals surface area (Å²) in [7, 11) is 0. The lowest BCUT2D eigenvalue weighted by atomic mass is 9.85. The Balaban J connectivity index is 2.71. The summed E-state index contributed by atoms with van der Waals surface area (Å²) in [4.78, 5) is 4.89. The second-order valence-electron chi connectivity index (χ2n) is 6.01. The fraction of sp³-hybridized carbons (Fsp3) is 0.471. The molecule has 0 bridgehead atoms. The molecule has 0 saturated heterocycles. The molecule has 2 nitrogen and oxygen atoms in total. The van der Waals surface area contributed by atoms with Crippen molar-refractivity contribution < 1.29 is 0 Å². The summed E-state index contributed by atoms with van der Waals surface area (Å²) in [6, 6.07) is 8.76. The number of fused-ring (bicyclic) bond motifs is 1. The Kier molecular flexibility index (Phi) is 3.79. The number of rotatable bonds is 3. The van der Waals surface area contributed by atoms with E-state index >= 15 is 0 Å². The fourth-order valence-corrected chi connectivity index (χ4v) is 2.44. The van der Waals surface area contributed by atoms with Crippen LogP contribution in [0.4, 0.5) is 5.82 Å². The molecule has 102 valence electrons. The Labute approximate surface area is 116 Å². The maximum atomic E-state index is 4.89. The van der Waals surface area contributed by atoms with Crippen LogP contribution >= 0.6 is 0 Å². The van der Waals surface area contributed by atoms with Gasteiger partial charge in [-0.3, -0.25) is 0 Å². The van der Waals surface area contributed by atoms with Crippen LogP contribution in [0.1, 0.15) is 45.7 Å². The fourth-order valence-electron chi connectivity index (χ4n) is 2.44. The summed E-state index contributed by atoms with van der Waals surface area (Å²) >= 11 is 0. The predicted molar refractivity (Wildman–Crippen MR) is 84.0 cm³/mol. The van der Waals surface area contributed by atoms with Gasteiger partial charge < -0.3 is 5.32 Å². The lowest BCUT2D eigenvalue weighted by Crippen LogP contribution is -2.13. The van der Waals surface area contributed by atoms with Crippen molar-refractivity contribution in [1.29, 1.82) is 0 Å². The lowest BCUT2D eigenvalue weighted by molar-refractivity contribution is 0.594. The molecule has 0 amide bonds. The summed E-state index contributed by atoms with van der Waals surface area (Å²) < 4.78 is 0. The molecule has 19 heavy (non-hydrogen) atoms. The van der Waals surface area contributed by atoms with Gasteiger partial charge in [-0.15, -0.1) is 0 Å². The minimum atomic E-state index is 0.115. The van der Waals surface area contributed by atoms with E-state index in [1.54, 1.807) is 0 Å². The van der Waals surface area contributed by atoms with E-state index in [0.29, 0.717) is 0 Å².